The molecule has 2 unspecified atom stereocenters. The van der Waals surface area contributed by atoms with Gasteiger partial charge in [0.1, 0.15) is 5.78 Å². The van der Waals surface area contributed by atoms with Crippen molar-refractivity contribution in [2.45, 2.75) is 47.5 Å². The fraction of sp³-hybridized carbons (Fsp3) is 0.833. The fourth-order valence-corrected chi connectivity index (χ4v) is 1.41. The molecule has 0 aromatic rings. The largest absolute Gasteiger partial charge is 0.542 e. The van der Waals surface area contributed by atoms with Crippen molar-refractivity contribution in [2.24, 2.45) is 17.3 Å². The van der Waals surface area contributed by atoms with Crippen LogP contribution < -0.4 is 0 Å². The molecule has 1 radical (unpaired) electrons. The predicted octanol–water partition coefficient (Wildman–Crippen LogP) is 2.76. The van der Waals surface area contributed by atoms with Gasteiger partial charge in [-0.15, -0.1) is 5.92 Å². The van der Waals surface area contributed by atoms with Crippen LogP contribution in [0.3, 0.4) is 0 Å². The third-order valence-electron chi connectivity index (χ3n) is 2.16. The van der Waals surface area contributed by atoms with Gasteiger partial charge in [0.25, 0.3) is 0 Å². The molecule has 0 N–H and O–H groups in total. The molecule has 0 amide bonds. The summed E-state index contributed by atoms with van der Waals surface area (Å²) in [6.45, 7) is 9.84. The monoisotopic (exact) mass is 286 g/mol. The number of hydrogen-bond acceptors (Lipinski definition) is 2. The normalized spacial score (nSPS) is 15.0. The minimum atomic E-state index is -0.131. The van der Waals surface area contributed by atoms with Crippen LogP contribution in [0.2, 0.25) is 0 Å². The molecule has 0 aliphatic heterocycles. The molecule has 0 aliphatic carbocycles. The van der Waals surface area contributed by atoms with Crippen molar-refractivity contribution in [3.63, 3.8) is 0 Å². The van der Waals surface area contributed by atoms with Gasteiger partial charge in [0.05, 0.1) is 0 Å². The Morgan fingerprint density at radius 2 is 1.73 bits per heavy atom. The summed E-state index contributed by atoms with van der Waals surface area (Å²) in [7, 11) is 0. The zero-order valence-corrected chi connectivity index (χ0v) is 13.3. The van der Waals surface area contributed by atoms with E-state index in [0.29, 0.717) is 12.8 Å². The number of Topliss-reactive ketones (excluding diaryl/α,β-unsaturated/α-hetero) is 1. The van der Waals surface area contributed by atoms with Gasteiger partial charge < -0.3 is 4.79 Å². The van der Waals surface area contributed by atoms with Crippen molar-refractivity contribution in [1.82, 2.24) is 0 Å². The molecule has 15 heavy (non-hydrogen) atoms. The smallest absolute Gasteiger partial charge is 0.136 e. The zero-order valence-electron chi connectivity index (χ0n) is 10.5. The van der Waals surface area contributed by atoms with Crippen LogP contribution in [0.1, 0.15) is 47.5 Å². The average Bonchev–Trinajstić information content (AvgIpc) is 2.00. The average molecular weight is 286 g/mol. The topological polar surface area (TPSA) is 34.1 Å². The van der Waals surface area contributed by atoms with Crippen LogP contribution in [-0.4, -0.2) is 12.1 Å². The van der Waals surface area contributed by atoms with E-state index in [2.05, 4.69) is 0 Å². The molecule has 0 saturated carbocycles. The molecular weight excluding hydrogens is 265 g/mol. The number of carbonyl (C=O) groups is 1. The van der Waals surface area contributed by atoms with Gasteiger partial charge in [-0.3, -0.25) is 11.1 Å². The Balaban J connectivity index is 0. The first kappa shape index (κ1) is 17.8. The minimum absolute atomic E-state index is 0. The summed E-state index contributed by atoms with van der Waals surface area (Å²) in [6.07, 6.45) is 3.12. The number of carbonyl (C=O) groups excluding carboxylic acids is 2. The Hall–Kier alpha value is 0.444. The Labute approximate surface area is 118 Å². The molecule has 0 rings (SSSR count). The van der Waals surface area contributed by atoms with Crippen molar-refractivity contribution in [2.75, 3.05) is 0 Å². The van der Waals surface area contributed by atoms with Crippen LogP contribution in [0.4, 0.5) is 0 Å². The summed E-state index contributed by atoms with van der Waals surface area (Å²) < 4.78 is 0. The molecule has 85 valence electrons. The van der Waals surface area contributed by atoms with E-state index >= 15 is 0 Å². The summed E-state index contributed by atoms with van der Waals surface area (Å²) in [5.74, 6) is 0.0965. The van der Waals surface area contributed by atoms with E-state index in [1.165, 1.54) is 0 Å². The molecule has 0 aliphatic rings. The molecule has 2 nitrogen and oxygen atoms in total. The third-order valence-corrected chi connectivity index (χ3v) is 2.16. The SMILES string of the molecule is CC([C-]=O)CC(C)C(=O)CC(C)(C)C.[Y]. The van der Waals surface area contributed by atoms with E-state index in [1.54, 1.807) is 6.92 Å². The van der Waals surface area contributed by atoms with E-state index < -0.39 is 0 Å². The van der Waals surface area contributed by atoms with Crippen molar-refractivity contribution in [3.05, 3.63) is 0 Å². The van der Waals surface area contributed by atoms with Crippen molar-refractivity contribution < 1.29 is 42.3 Å². The standard InChI is InChI=1S/C12H21O2.Y/c1-9(8-13)6-10(2)11(14)7-12(3,4)5;/h9-10H,6-7H2,1-5H3;/q-1;. The maximum absolute atomic E-state index is 11.7. The van der Waals surface area contributed by atoms with E-state index in [1.807, 2.05) is 34.0 Å². The van der Waals surface area contributed by atoms with Gasteiger partial charge in [0, 0.05) is 45.0 Å². The van der Waals surface area contributed by atoms with Crippen molar-refractivity contribution in [1.29, 1.82) is 0 Å². The molecule has 0 fully saturated rings. The van der Waals surface area contributed by atoms with Gasteiger partial charge in [0.2, 0.25) is 0 Å². The van der Waals surface area contributed by atoms with Crippen LogP contribution in [-0.2, 0) is 42.3 Å². The summed E-state index contributed by atoms with van der Waals surface area (Å²) in [4.78, 5) is 22.0. The summed E-state index contributed by atoms with van der Waals surface area (Å²) >= 11 is 0. The van der Waals surface area contributed by atoms with Crippen molar-refractivity contribution in [3.8, 4) is 0 Å². The Morgan fingerprint density at radius 3 is 2.07 bits per heavy atom. The van der Waals surface area contributed by atoms with Crippen LogP contribution >= 0.6 is 0 Å². The van der Waals surface area contributed by atoms with Crippen LogP contribution in [0.25, 0.3) is 0 Å². The molecular formula is C12H21O2Y-. The second-order valence-corrected chi connectivity index (χ2v) is 5.36. The molecule has 0 aromatic heterocycles. The fourth-order valence-electron chi connectivity index (χ4n) is 1.41. The second kappa shape index (κ2) is 7.67. The first-order chi connectivity index (χ1) is 6.26. The Kier molecular flexibility index (Phi) is 9.12. The zero-order chi connectivity index (χ0) is 11.4. The second-order valence-electron chi connectivity index (χ2n) is 5.36. The number of ketones is 1. The quantitative estimate of drug-likeness (QED) is 0.728. The molecule has 2 atom stereocenters. The van der Waals surface area contributed by atoms with E-state index in [-0.39, 0.29) is 55.7 Å². The predicted molar refractivity (Wildman–Crippen MR) is 57.7 cm³/mol. The maximum Gasteiger partial charge on any atom is 0.136 e. The molecule has 0 aromatic carbocycles. The Bertz CT molecular complexity index is 206. The van der Waals surface area contributed by atoms with E-state index in [4.69, 9.17) is 0 Å². The molecule has 0 spiro atoms. The van der Waals surface area contributed by atoms with Gasteiger partial charge in [-0.25, -0.2) is 0 Å². The summed E-state index contributed by atoms with van der Waals surface area (Å²) in [5.41, 5.74) is 0.0411. The third kappa shape index (κ3) is 9.38. The Morgan fingerprint density at radius 1 is 1.27 bits per heavy atom. The first-order valence-corrected chi connectivity index (χ1v) is 5.16. The van der Waals surface area contributed by atoms with E-state index in [9.17, 15) is 9.59 Å². The number of hydrogen-bond donors (Lipinski definition) is 0. The summed E-state index contributed by atoms with van der Waals surface area (Å²) in [6, 6.07) is 0. The first-order valence-electron chi connectivity index (χ1n) is 5.16. The van der Waals surface area contributed by atoms with Gasteiger partial charge in [-0.2, -0.15) is 0 Å². The van der Waals surface area contributed by atoms with Crippen LogP contribution in [0.15, 0.2) is 0 Å². The van der Waals surface area contributed by atoms with Crippen LogP contribution in [0, 0.1) is 17.3 Å². The van der Waals surface area contributed by atoms with Crippen LogP contribution in [0.5, 0.6) is 0 Å². The van der Waals surface area contributed by atoms with Gasteiger partial charge >= 0.3 is 0 Å². The molecule has 0 saturated heterocycles. The van der Waals surface area contributed by atoms with Gasteiger partial charge in [-0.05, 0) is 5.41 Å². The molecule has 3 heteroatoms. The minimum Gasteiger partial charge on any atom is -0.542 e. The van der Waals surface area contributed by atoms with E-state index in [0.717, 1.165) is 0 Å². The van der Waals surface area contributed by atoms with Gasteiger partial charge in [-0.1, -0.05) is 41.0 Å². The maximum atomic E-state index is 11.7. The molecule has 0 heterocycles. The number of rotatable bonds is 5. The molecule has 0 bridgehead atoms. The van der Waals surface area contributed by atoms with Gasteiger partial charge in [0.15, 0.2) is 0 Å². The summed E-state index contributed by atoms with van der Waals surface area (Å²) in [5, 5.41) is 0. The van der Waals surface area contributed by atoms with Crippen molar-refractivity contribution >= 4 is 12.1 Å².